The number of benzene rings is 3. The van der Waals surface area contributed by atoms with Crippen molar-refractivity contribution in [3.05, 3.63) is 118 Å². The van der Waals surface area contributed by atoms with E-state index in [1.165, 1.54) is 20.0 Å². The maximum absolute atomic E-state index is 13.2. The Hall–Kier alpha value is -4.43. The zero-order chi connectivity index (χ0) is 30.7. The summed E-state index contributed by atoms with van der Waals surface area (Å²) >= 11 is 1.62. The van der Waals surface area contributed by atoms with Crippen LogP contribution < -0.4 is 10.1 Å². The van der Waals surface area contributed by atoms with Crippen molar-refractivity contribution >= 4 is 34.7 Å². The van der Waals surface area contributed by atoms with E-state index in [1.54, 1.807) is 41.7 Å². The van der Waals surface area contributed by atoms with Crippen molar-refractivity contribution in [2.24, 2.45) is 5.92 Å². The Balaban J connectivity index is 1.15. The Kier molecular flexibility index (Phi) is 10.8. The maximum atomic E-state index is 13.2. The van der Waals surface area contributed by atoms with Gasteiger partial charge in [0.15, 0.2) is 5.78 Å². The van der Waals surface area contributed by atoms with Crippen molar-refractivity contribution in [1.29, 1.82) is 0 Å². The molecule has 1 amide bonds. The zero-order valence-electron chi connectivity index (χ0n) is 24.9. The van der Waals surface area contributed by atoms with E-state index in [9.17, 15) is 14.4 Å². The van der Waals surface area contributed by atoms with Crippen molar-refractivity contribution in [2.45, 2.75) is 38.1 Å². The number of carbonyl (C=O) groups excluding carboxylic acids is 3. The van der Waals surface area contributed by atoms with Crippen LogP contribution in [0.15, 0.2) is 96.4 Å². The third-order valence-electron chi connectivity index (χ3n) is 7.66. The van der Waals surface area contributed by atoms with Crippen LogP contribution in [0.3, 0.4) is 0 Å². The molecule has 228 valence electrons. The van der Waals surface area contributed by atoms with E-state index in [0.29, 0.717) is 48.7 Å². The number of para-hydroxylation sites is 1. The molecule has 3 aromatic carbocycles. The van der Waals surface area contributed by atoms with Crippen molar-refractivity contribution < 1.29 is 23.9 Å². The van der Waals surface area contributed by atoms with Gasteiger partial charge in [-0.2, -0.15) is 0 Å². The first kappa shape index (κ1) is 31.0. The molecule has 0 unspecified atom stereocenters. The average Bonchev–Trinajstić information content (AvgIpc) is 3.74. The third kappa shape index (κ3) is 8.80. The predicted molar refractivity (Wildman–Crippen MR) is 173 cm³/mol. The second-order valence-electron chi connectivity index (χ2n) is 11.1. The highest BCUT2D eigenvalue weighted by Crippen LogP contribution is 2.30. The summed E-state index contributed by atoms with van der Waals surface area (Å²) in [6, 6.07) is 27.2. The molecule has 0 bridgehead atoms. The maximum Gasteiger partial charge on any atom is 0.328 e. The Labute approximate surface area is 262 Å². The molecule has 1 aliphatic rings. The number of nitrogens with zero attached hydrogens (tertiary/aromatic N) is 1. The molecule has 1 N–H and O–H groups in total. The summed E-state index contributed by atoms with van der Waals surface area (Å²) < 4.78 is 11.1. The van der Waals surface area contributed by atoms with Gasteiger partial charge in [-0.15, -0.1) is 11.3 Å². The molecule has 0 aliphatic heterocycles. The van der Waals surface area contributed by atoms with Crippen LogP contribution in [0.4, 0.5) is 5.69 Å². The molecule has 1 atom stereocenters. The molecule has 4 aromatic rings. The van der Waals surface area contributed by atoms with Crippen molar-refractivity contribution in [3.8, 4) is 5.75 Å². The largest absolute Gasteiger partial charge is 0.494 e. The number of amides is 1. The topological polar surface area (TPSA) is 84.9 Å². The van der Waals surface area contributed by atoms with E-state index in [2.05, 4.69) is 5.32 Å². The van der Waals surface area contributed by atoms with Gasteiger partial charge in [0.2, 0.25) is 5.91 Å². The molecule has 1 heterocycles. The van der Waals surface area contributed by atoms with Crippen LogP contribution in [-0.2, 0) is 27.2 Å². The van der Waals surface area contributed by atoms with Gasteiger partial charge in [0.05, 0.1) is 20.1 Å². The molecule has 7 nitrogen and oxygen atoms in total. The summed E-state index contributed by atoms with van der Waals surface area (Å²) in [6.45, 7) is 2.02. The Morgan fingerprint density at radius 2 is 1.68 bits per heavy atom. The number of carbonyl (C=O) groups is 3. The summed E-state index contributed by atoms with van der Waals surface area (Å²) in [4.78, 5) is 41.9. The van der Waals surface area contributed by atoms with Crippen LogP contribution in [0, 0.1) is 5.92 Å². The van der Waals surface area contributed by atoms with E-state index in [-0.39, 0.29) is 11.7 Å². The number of methoxy groups -OCH3 is 1. The third-order valence-corrected chi connectivity index (χ3v) is 8.54. The van der Waals surface area contributed by atoms with Crippen LogP contribution in [-0.4, -0.2) is 55.4 Å². The molecule has 1 aliphatic carbocycles. The van der Waals surface area contributed by atoms with Gasteiger partial charge in [-0.25, -0.2) is 4.79 Å². The number of rotatable bonds is 16. The lowest BCUT2D eigenvalue weighted by Crippen LogP contribution is -2.35. The average molecular weight is 611 g/mol. The number of anilines is 1. The van der Waals surface area contributed by atoms with E-state index >= 15 is 0 Å². The first-order chi connectivity index (χ1) is 21.5. The van der Waals surface area contributed by atoms with Gasteiger partial charge in [-0.1, -0.05) is 60.7 Å². The molecule has 8 heteroatoms. The summed E-state index contributed by atoms with van der Waals surface area (Å²) in [5.74, 6) is 1.01. The standard InChI is InChI=1S/C36H38N2O5S/c1-42-36(41)33(37-32-13-6-5-12-31(32)35(40)28-9-3-2-4-10-28)23-26-16-18-29(19-17-26)43-21-8-20-38(25-27-14-15-27)34(39)24-30-11-7-22-44-30/h2-7,9-13,16-19,22,27,33,37H,8,14-15,20-21,23-25H2,1H3/t33-/m0/s1. The molecule has 1 saturated carbocycles. The van der Waals surface area contributed by atoms with Gasteiger partial charge < -0.3 is 19.7 Å². The molecule has 0 radical (unpaired) electrons. The smallest absolute Gasteiger partial charge is 0.328 e. The quantitative estimate of drug-likeness (QED) is 0.0895. The number of ether oxygens (including phenoxy) is 2. The van der Waals surface area contributed by atoms with E-state index in [1.807, 2.05) is 70.9 Å². The molecular formula is C36H38N2O5S. The lowest BCUT2D eigenvalue weighted by Gasteiger charge is -2.22. The SMILES string of the molecule is COC(=O)[C@H](Cc1ccc(OCCCN(CC2CC2)C(=O)Cc2cccs2)cc1)Nc1ccccc1C(=O)c1ccccc1. The van der Waals surface area contributed by atoms with Gasteiger partial charge in [-0.05, 0) is 66.5 Å². The van der Waals surface area contributed by atoms with Gasteiger partial charge in [0.1, 0.15) is 11.8 Å². The van der Waals surface area contributed by atoms with Gasteiger partial charge in [-0.3, -0.25) is 9.59 Å². The Bertz CT molecular complexity index is 1520. The molecule has 0 spiro atoms. The fourth-order valence-corrected chi connectivity index (χ4v) is 5.78. The minimum atomic E-state index is -0.694. The van der Waals surface area contributed by atoms with Crippen molar-refractivity contribution in [3.63, 3.8) is 0 Å². The van der Waals surface area contributed by atoms with Crippen LogP contribution in [0.2, 0.25) is 0 Å². The molecule has 5 rings (SSSR count). The summed E-state index contributed by atoms with van der Waals surface area (Å²) in [5, 5.41) is 5.25. The van der Waals surface area contributed by atoms with Gasteiger partial charge in [0.25, 0.3) is 0 Å². The highest BCUT2D eigenvalue weighted by molar-refractivity contribution is 7.10. The number of esters is 1. The zero-order valence-corrected chi connectivity index (χ0v) is 25.8. The van der Waals surface area contributed by atoms with E-state index in [0.717, 1.165) is 29.2 Å². The number of ketones is 1. The molecule has 0 saturated heterocycles. The monoisotopic (exact) mass is 610 g/mol. The number of hydrogen-bond acceptors (Lipinski definition) is 7. The van der Waals surface area contributed by atoms with Crippen LogP contribution >= 0.6 is 11.3 Å². The summed E-state index contributed by atoms with van der Waals surface area (Å²) in [6.07, 6.45) is 3.99. The van der Waals surface area contributed by atoms with Gasteiger partial charge in [0, 0.05) is 41.2 Å². The van der Waals surface area contributed by atoms with Crippen LogP contribution in [0.25, 0.3) is 0 Å². The van der Waals surface area contributed by atoms with Crippen LogP contribution in [0.1, 0.15) is 45.6 Å². The highest BCUT2D eigenvalue weighted by atomic mass is 32.1. The number of thiophene rings is 1. The summed E-state index contributed by atoms with van der Waals surface area (Å²) in [7, 11) is 1.36. The van der Waals surface area contributed by atoms with Gasteiger partial charge >= 0.3 is 5.97 Å². The highest BCUT2D eigenvalue weighted by Gasteiger charge is 2.27. The fourth-order valence-electron chi connectivity index (χ4n) is 5.08. The molecular weight excluding hydrogens is 572 g/mol. The molecule has 1 aromatic heterocycles. The fraction of sp³-hybridized carbons (Fsp3) is 0.306. The Morgan fingerprint density at radius 1 is 0.932 bits per heavy atom. The Morgan fingerprint density at radius 3 is 2.39 bits per heavy atom. The second kappa shape index (κ2) is 15.3. The summed E-state index contributed by atoms with van der Waals surface area (Å²) in [5.41, 5.74) is 2.55. The van der Waals surface area contributed by atoms with Crippen molar-refractivity contribution in [2.75, 3.05) is 32.1 Å². The van der Waals surface area contributed by atoms with E-state index < -0.39 is 12.0 Å². The predicted octanol–water partition coefficient (Wildman–Crippen LogP) is 6.43. The first-order valence-electron chi connectivity index (χ1n) is 15.0. The first-order valence-corrected chi connectivity index (χ1v) is 15.9. The number of hydrogen-bond donors (Lipinski definition) is 1. The van der Waals surface area contributed by atoms with Crippen molar-refractivity contribution in [1.82, 2.24) is 4.90 Å². The van der Waals surface area contributed by atoms with Crippen LogP contribution in [0.5, 0.6) is 5.75 Å². The normalized spacial score (nSPS) is 13.1. The number of nitrogens with one attached hydrogen (secondary N) is 1. The molecule has 44 heavy (non-hydrogen) atoms. The lowest BCUT2D eigenvalue weighted by atomic mass is 10.00. The second-order valence-corrected chi connectivity index (χ2v) is 12.1. The minimum absolute atomic E-state index is 0.124. The van der Waals surface area contributed by atoms with E-state index in [4.69, 9.17) is 9.47 Å². The molecule has 1 fully saturated rings. The minimum Gasteiger partial charge on any atom is -0.494 e. The lowest BCUT2D eigenvalue weighted by molar-refractivity contribution is -0.141.